The summed E-state index contributed by atoms with van der Waals surface area (Å²) in [6.45, 7) is 0. The van der Waals surface area contributed by atoms with Crippen molar-refractivity contribution in [1.82, 2.24) is 4.98 Å². The van der Waals surface area contributed by atoms with Crippen LogP contribution in [0.15, 0.2) is 40.8 Å². The smallest absolute Gasteiger partial charge is 0.155 e. The Balaban J connectivity index is 2.71. The number of hydrogen-bond acceptors (Lipinski definition) is 4. The number of nitrogens with zero attached hydrogens (tertiary/aromatic N) is 3. The van der Waals surface area contributed by atoms with Crippen molar-refractivity contribution in [3.8, 4) is 0 Å². The lowest BCUT2D eigenvalue weighted by Gasteiger charge is -2.04. The second kappa shape index (κ2) is 3.93. The fourth-order valence-corrected chi connectivity index (χ4v) is 1.50. The molecule has 0 fully saturated rings. The van der Waals surface area contributed by atoms with Crippen LogP contribution in [0.2, 0.25) is 0 Å². The Hall–Kier alpha value is -2.50. The molecule has 2 aromatic rings. The number of rotatable bonds is 2. The molecule has 6 nitrogen and oxygen atoms in total. The number of nitrogens with one attached hydrogen (secondary N) is 1. The number of nitrogen functional groups attached to an aromatic ring is 1. The second-order valence-electron chi connectivity index (χ2n) is 3.22. The highest BCUT2D eigenvalue weighted by Gasteiger charge is 2.05. The minimum atomic E-state index is 0.187. The minimum Gasteiger partial charge on any atom is -0.399 e. The topological polar surface area (TPSA) is 114 Å². The Morgan fingerprint density at radius 3 is 2.88 bits per heavy atom. The predicted molar refractivity (Wildman–Crippen MR) is 62.0 cm³/mol. The molecule has 6 heteroatoms. The Morgan fingerprint density at radius 1 is 1.31 bits per heavy atom. The maximum atomic E-state index is 6.65. The van der Waals surface area contributed by atoms with Gasteiger partial charge in [-0.05, 0) is 18.2 Å². The van der Waals surface area contributed by atoms with Gasteiger partial charge >= 0.3 is 0 Å². The van der Waals surface area contributed by atoms with Crippen LogP contribution in [0.5, 0.6) is 0 Å². The monoisotopic (exact) mass is 214 g/mol. The molecular formula is C10H10N6. The minimum absolute atomic E-state index is 0.187. The molecule has 0 aliphatic rings. The summed E-state index contributed by atoms with van der Waals surface area (Å²) in [5.74, 6) is 0.187. The lowest BCUT2D eigenvalue weighted by molar-refractivity contribution is 0.986. The van der Waals surface area contributed by atoms with Gasteiger partial charge in [-0.15, -0.1) is 5.10 Å². The van der Waals surface area contributed by atoms with E-state index >= 15 is 0 Å². The molecule has 0 spiro atoms. The number of amidine groups is 1. The normalized spacial score (nSPS) is 11.6. The van der Waals surface area contributed by atoms with Crippen molar-refractivity contribution in [1.29, 1.82) is 5.53 Å². The van der Waals surface area contributed by atoms with Gasteiger partial charge in [0.25, 0.3) is 0 Å². The van der Waals surface area contributed by atoms with Crippen LogP contribution < -0.4 is 11.5 Å². The van der Waals surface area contributed by atoms with E-state index in [-0.39, 0.29) is 5.84 Å². The van der Waals surface area contributed by atoms with E-state index in [1.165, 1.54) is 0 Å². The Morgan fingerprint density at radius 2 is 2.12 bits per heavy atom. The maximum absolute atomic E-state index is 6.65. The average molecular weight is 214 g/mol. The molecular weight excluding hydrogens is 204 g/mol. The number of fused-ring (bicyclic) bond motifs is 1. The van der Waals surface area contributed by atoms with Crippen LogP contribution in [-0.4, -0.2) is 10.8 Å². The van der Waals surface area contributed by atoms with Gasteiger partial charge in [-0.1, -0.05) is 11.3 Å². The number of nitrogens with two attached hydrogens (primary N) is 2. The van der Waals surface area contributed by atoms with Gasteiger partial charge in [0, 0.05) is 22.8 Å². The van der Waals surface area contributed by atoms with Crippen molar-refractivity contribution < 1.29 is 0 Å². The number of hydrogen-bond donors (Lipinski definition) is 3. The molecule has 1 aromatic carbocycles. The summed E-state index contributed by atoms with van der Waals surface area (Å²) >= 11 is 0. The zero-order valence-electron chi connectivity index (χ0n) is 8.38. The first-order chi connectivity index (χ1) is 7.72. The molecule has 0 bridgehead atoms. The summed E-state index contributed by atoms with van der Waals surface area (Å²) in [5.41, 5.74) is 20.1. The van der Waals surface area contributed by atoms with Gasteiger partial charge in [-0.3, -0.25) is 4.98 Å². The third-order valence-corrected chi connectivity index (χ3v) is 2.20. The SMILES string of the molecule is N=NN=C(N)c1ccnc2cc(N)ccc12. The molecule has 0 radical (unpaired) electrons. The standard InChI is InChI=1S/C10H10N6/c11-6-1-2-7-8(10(12)15-16-13)3-4-14-9(7)5-6/h1-5H,11H2,(H3,12,13,15). The first-order valence-electron chi connectivity index (χ1n) is 4.57. The summed E-state index contributed by atoms with van der Waals surface area (Å²) < 4.78 is 0. The fraction of sp³-hybridized carbons (Fsp3) is 0. The van der Waals surface area contributed by atoms with Gasteiger partial charge < -0.3 is 11.5 Å². The summed E-state index contributed by atoms with van der Waals surface area (Å²) in [6.07, 6.45) is 1.61. The van der Waals surface area contributed by atoms with E-state index < -0.39 is 0 Å². The Bertz CT molecular complexity index is 575. The van der Waals surface area contributed by atoms with Gasteiger partial charge in [-0.25, -0.2) is 0 Å². The van der Waals surface area contributed by atoms with Crippen LogP contribution >= 0.6 is 0 Å². The van der Waals surface area contributed by atoms with Gasteiger partial charge in [0.2, 0.25) is 0 Å². The third kappa shape index (κ3) is 1.68. The quantitative estimate of drug-likeness (QED) is 0.231. The van der Waals surface area contributed by atoms with Crippen LogP contribution in [0.1, 0.15) is 5.56 Å². The summed E-state index contributed by atoms with van der Waals surface area (Å²) in [5, 5.41) is 7.23. The van der Waals surface area contributed by atoms with E-state index in [0.717, 1.165) is 10.9 Å². The molecule has 0 atom stereocenters. The van der Waals surface area contributed by atoms with Crippen LogP contribution in [0.3, 0.4) is 0 Å². The van der Waals surface area contributed by atoms with Crippen molar-refractivity contribution >= 4 is 22.4 Å². The Labute approximate surface area is 91.5 Å². The highest BCUT2D eigenvalue weighted by Crippen LogP contribution is 2.19. The van der Waals surface area contributed by atoms with Crippen molar-refractivity contribution in [2.75, 3.05) is 5.73 Å². The highest BCUT2D eigenvalue weighted by molar-refractivity contribution is 6.08. The zero-order valence-corrected chi connectivity index (χ0v) is 8.38. The number of benzene rings is 1. The molecule has 0 saturated carbocycles. The van der Waals surface area contributed by atoms with Crippen LogP contribution in [-0.2, 0) is 0 Å². The summed E-state index contributed by atoms with van der Waals surface area (Å²) in [4.78, 5) is 4.18. The third-order valence-electron chi connectivity index (χ3n) is 2.20. The first kappa shape index (κ1) is 10.0. The zero-order chi connectivity index (χ0) is 11.5. The van der Waals surface area contributed by atoms with Gasteiger partial charge in [0.15, 0.2) is 5.84 Å². The first-order valence-corrected chi connectivity index (χ1v) is 4.57. The lowest BCUT2D eigenvalue weighted by atomic mass is 10.1. The van der Waals surface area contributed by atoms with Crippen molar-refractivity contribution in [2.24, 2.45) is 16.1 Å². The fourth-order valence-electron chi connectivity index (χ4n) is 1.50. The van der Waals surface area contributed by atoms with Crippen molar-refractivity contribution in [3.05, 3.63) is 36.0 Å². The van der Waals surface area contributed by atoms with Crippen molar-refractivity contribution in [2.45, 2.75) is 0 Å². The highest BCUT2D eigenvalue weighted by atomic mass is 15.3. The van der Waals surface area contributed by atoms with Gasteiger partial charge in [0.05, 0.1) is 5.52 Å². The summed E-state index contributed by atoms with van der Waals surface area (Å²) in [6, 6.07) is 7.06. The molecule has 0 aliphatic heterocycles. The van der Waals surface area contributed by atoms with E-state index in [2.05, 4.69) is 15.3 Å². The molecule has 0 saturated heterocycles. The molecule has 0 aliphatic carbocycles. The second-order valence-corrected chi connectivity index (χ2v) is 3.22. The van der Waals surface area contributed by atoms with Gasteiger partial charge in [0.1, 0.15) is 0 Å². The van der Waals surface area contributed by atoms with E-state index in [4.69, 9.17) is 17.0 Å². The molecule has 0 unspecified atom stereocenters. The lowest BCUT2D eigenvalue weighted by Crippen LogP contribution is -2.13. The maximum Gasteiger partial charge on any atom is 0.155 e. The molecule has 0 amide bonds. The Kier molecular flexibility index (Phi) is 2.47. The number of pyridine rings is 1. The van der Waals surface area contributed by atoms with Crippen LogP contribution in [0, 0.1) is 5.53 Å². The molecule has 2 rings (SSSR count). The van der Waals surface area contributed by atoms with E-state index in [0.29, 0.717) is 11.3 Å². The van der Waals surface area contributed by atoms with Crippen molar-refractivity contribution in [3.63, 3.8) is 0 Å². The molecule has 1 aromatic heterocycles. The van der Waals surface area contributed by atoms with E-state index in [9.17, 15) is 0 Å². The predicted octanol–water partition coefficient (Wildman–Crippen LogP) is 1.47. The number of aromatic nitrogens is 1. The average Bonchev–Trinajstić information content (AvgIpc) is 2.28. The van der Waals surface area contributed by atoms with Crippen LogP contribution in [0.4, 0.5) is 5.69 Å². The molecule has 5 N–H and O–H groups in total. The van der Waals surface area contributed by atoms with Crippen LogP contribution in [0.25, 0.3) is 10.9 Å². The van der Waals surface area contributed by atoms with Gasteiger partial charge in [-0.2, -0.15) is 5.53 Å². The molecule has 1 heterocycles. The number of anilines is 1. The largest absolute Gasteiger partial charge is 0.399 e. The van der Waals surface area contributed by atoms with E-state index in [1.807, 2.05) is 6.07 Å². The summed E-state index contributed by atoms with van der Waals surface area (Å²) in [7, 11) is 0. The van der Waals surface area contributed by atoms with E-state index in [1.54, 1.807) is 24.4 Å². The molecule has 16 heavy (non-hydrogen) atoms. The molecule has 80 valence electrons.